The Morgan fingerprint density at radius 1 is 1.56 bits per heavy atom. The smallest absolute Gasteiger partial charge is 0.326 e. The maximum Gasteiger partial charge on any atom is 0.326 e. The topological polar surface area (TPSA) is 69.6 Å². The summed E-state index contributed by atoms with van der Waals surface area (Å²) in [7, 11) is 0. The van der Waals surface area contributed by atoms with Crippen molar-refractivity contribution in [1.82, 2.24) is 10.2 Å². The fourth-order valence-corrected chi connectivity index (χ4v) is 2.94. The number of carboxylic acids is 1. The van der Waals surface area contributed by atoms with E-state index in [9.17, 15) is 9.59 Å². The number of carbonyl (C=O) groups excluding carboxylic acids is 1. The highest BCUT2D eigenvalue weighted by molar-refractivity contribution is 7.99. The van der Waals surface area contributed by atoms with Gasteiger partial charge in [0.15, 0.2) is 0 Å². The Labute approximate surface area is 112 Å². The molecule has 1 rings (SSSR count). The van der Waals surface area contributed by atoms with Crippen LogP contribution in [0, 0.1) is 0 Å². The van der Waals surface area contributed by atoms with Crippen LogP contribution in [0.25, 0.3) is 0 Å². The number of amides is 2. The van der Waals surface area contributed by atoms with Crippen molar-refractivity contribution in [2.45, 2.75) is 45.2 Å². The van der Waals surface area contributed by atoms with Gasteiger partial charge in [0.25, 0.3) is 0 Å². The number of thioether (sulfide) groups is 1. The standard InChI is InChI=1S/C12H22N2O3S/c1-3-4-5-10(11(15)16)13-12(17)14-6-7-18-8-9(14)2/h9-10H,3-8H2,1-2H3,(H,13,17)(H,15,16). The Kier molecular flexibility index (Phi) is 6.32. The average molecular weight is 274 g/mol. The first-order chi connectivity index (χ1) is 8.56. The average Bonchev–Trinajstić information content (AvgIpc) is 2.34. The molecule has 6 heteroatoms. The molecule has 0 aromatic heterocycles. The molecule has 1 aliphatic heterocycles. The van der Waals surface area contributed by atoms with Crippen molar-refractivity contribution < 1.29 is 14.7 Å². The van der Waals surface area contributed by atoms with Crippen LogP contribution >= 0.6 is 11.8 Å². The second-order valence-corrected chi connectivity index (χ2v) is 5.75. The van der Waals surface area contributed by atoms with Crippen molar-refractivity contribution in [1.29, 1.82) is 0 Å². The van der Waals surface area contributed by atoms with Gasteiger partial charge in [-0.3, -0.25) is 0 Å². The van der Waals surface area contributed by atoms with Crippen LogP contribution in [-0.4, -0.2) is 52.1 Å². The van der Waals surface area contributed by atoms with Gasteiger partial charge in [0.1, 0.15) is 6.04 Å². The molecule has 5 nitrogen and oxygen atoms in total. The summed E-state index contributed by atoms with van der Waals surface area (Å²) in [6.07, 6.45) is 2.23. The summed E-state index contributed by atoms with van der Waals surface area (Å²) in [5, 5.41) is 11.7. The van der Waals surface area contributed by atoms with Crippen LogP contribution in [0.3, 0.4) is 0 Å². The molecule has 0 aromatic carbocycles. The van der Waals surface area contributed by atoms with Crippen molar-refractivity contribution in [2.75, 3.05) is 18.1 Å². The van der Waals surface area contributed by atoms with E-state index in [0.29, 0.717) is 13.0 Å². The summed E-state index contributed by atoms with van der Waals surface area (Å²) in [4.78, 5) is 24.8. The lowest BCUT2D eigenvalue weighted by atomic mass is 10.1. The molecule has 1 aliphatic rings. The maximum atomic E-state index is 12.0. The van der Waals surface area contributed by atoms with Crippen LogP contribution in [0.15, 0.2) is 0 Å². The van der Waals surface area contributed by atoms with Crippen molar-refractivity contribution in [3.8, 4) is 0 Å². The Balaban J connectivity index is 2.51. The van der Waals surface area contributed by atoms with E-state index in [1.807, 2.05) is 25.6 Å². The minimum atomic E-state index is -0.948. The molecule has 2 unspecified atom stereocenters. The van der Waals surface area contributed by atoms with Gasteiger partial charge < -0.3 is 15.3 Å². The zero-order chi connectivity index (χ0) is 13.5. The molecular formula is C12H22N2O3S. The fourth-order valence-electron chi connectivity index (χ4n) is 1.93. The van der Waals surface area contributed by atoms with Crippen LogP contribution in [0.4, 0.5) is 4.79 Å². The minimum Gasteiger partial charge on any atom is -0.480 e. The van der Waals surface area contributed by atoms with Crippen LogP contribution in [0.2, 0.25) is 0 Å². The van der Waals surface area contributed by atoms with Crippen molar-refractivity contribution in [3.63, 3.8) is 0 Å². The van der Waals surface area contributed by atoms with E-state index in [0.717, 1.165) is 24.3 Å². The summed E-state index contributed by atoms with van der Waals surface area (Å²) in [6, 6.07) is -0.838. The molecule has 2 amide bonds. The lowest BCUT2D eigenvalue weighted by molar-refractivity contribution is -0.139. The minimum absolute atomic E-state index is 0.171. The molecule has 1 saturated heterocycles. The number of hydrogen-bond acceptors (Lipinski definition) is 3. The quantitative estimate of drug-likeness (QED) is 0.801. The number of nitrogens with zero attached hydrogens (tertiary/aromatic N) is 1. The number of hydrogen-bond donors (Lipinski definition) is 2. The number of rotatable bonds is 5. The van der Waals surface area contributed by atoms with E-state index in [1.54, 1.807) is 4.90 Å². The zero-order valence-electron chi connectivity index (χ0n) is 11.0. The third-order valence-electron chi connectivity index (χ3n) is 3.07. The molecule has 0 spiro atoms. The molecule has 0 aliphatic carbocycles. The molecular weight excluding hydrogens is 252 g/mol. The molecule has 2 N–H and O–H groups in total. The van der Waals surface area contributed by atoms with Crippen molar-refractivity contribution >= 4 is 23.8 Å². The highest BCUT2D eigenvalue weighted by Crippen LogP contribution is 2.16. The molecule has 2 atom stereocenters. The Bertz CT molecular complexity index is 299. The molecule has 1 heterocycles. The first-order valence-corrected chi connectivity index (χ1v) is 7.59. The van der Waals surface area contributed by atoms with E-state index >= 15 is 0 Å². The van der Waals surface area contributed by atoms with E-state index in [1.165, 1.54) is 0 Å². The SMILES string of the molecule is CCCCC(NC(=O)N1CCSCC1C)C(=O)O. The lowest BCUT2D eigenvalue weighted by Gasteiger charge is -2.33. The molecule has 0 radical (unpaired) electrons. The molecule has 1 fully saturated rings. The van der Waals surface area contributed by atoms with Gasteiger partial charge in [0, 0.05) is 24.1 Å². The van der Waals surface area contributed by atoms with Crippen molar-refractivity contribution in [3.05, 3.63) is 0 Å². The van der Waals surface area contributed by atoms with Gasteiger partial charge in [-0.05, 0) is 13.3 Å². The summed E-state index contributed by atoms with van der Waals surface area (Å²) < 4.78 is 0. The predicted octanol–water partition coefficient (Wildman–Crippen LogP) is 1.78. The third-order valence-corrected chi connectivity index (χ3v) is 4.26. The number of carbonyl (C=O) groups is 2. The summed E-state index contributed by atoms with van der Waals surface area (Å²) in [5.41, 5.74) is 0. The fraction of sp³-hybridized carbons (Fsp3) is 0.833. The summed E-state index contributed by atoms with van der Waals surface area (Å²) >= 11 is 1.83. The molecule has 18 heavy (non-hydrogen) atoms. The number of nitrogens with one attached hydrogen (secondary N) is 1. The first kappa shape index (κ1) is 15.1. The normalized spacial score (nSPS) is 21.4. The molecule has 0 aromatic rings. The van der Waals surface area contributed by atoms with Gasteiger partial charge in [0.05, 0.1) is 0 Å². The van der Waals surface area contributed by atoms with Crippen LogP contribution in [0.5, 0.6) is 0 Å². The van der Waals surface area contributed by atoms with E-state index < -0.39 is 12.0 Å². The largest absolute Gasteiger partial charge is 0.480 e. The summed E-state index contributed by atoms with van der Waals surface area (Å²) in [6.45, 7) is 4.69. The van der Waals surface area contributed by atoms with E-state index in [-0.39, 0.29) is 12.1 Å². The number of carboxylic acid groups (broad SMARTS) is 1. The van der Waals surface area contributed by atoms with E-state index in [2.05, 4.69) is 5.32 Å². The molecule has 0 saturated carbocycles. The highest BCUT2D eigenvalue weighted by Gasteiger charge is 2.27. The maximum absolute atomic E-state index is 12.0. The van der Waals surface area contributed by atoms with Gasteiger partial charge in [-0.1, -0.05) is 19.8 Å². The molecule has 104 valence electrons. The zero-order valence-corrected chi connectivity index (χ0v) is 11.8. The lowest BCUT2D eigenvalue weighted by Crippen LogP contribution is -2.53. The van der Waals surface area contributed by atoms with Crippen LogP contribution in [0.1, 0.15) is 33.1 Å². The molecule has 0 bridgehead atoms. The van der Waals surface area contributed by atoms with Crippen LogP contribution in [-0.2, 0) is 4.79 Å². The second-order valence-electron chi connectivity index (χ2n) is 4.60. The van der Waals surface area contributed by atoms with Gasteiger partial charge >= 0.3 is 12.0 Å². The number of aliphatic carboxylic acids is 1. The summed E-state index contributed by atoms with van der Waals surface area (Å²) in [5.74, 6) is 0.890. The number of unbranched alkanes of at least 4 members (excludes halogenated alkanes) is 1. The second kappa shape index (κ2) is 7.51. The monoisotopic (exact) mass is 274 g/mol. The Morgan fingerprint density at radius 3 is 2.83 bits per heavy atom. The first-order valence-electron chi connectivity index (χ1n) is 6.44. The van der Waals surface area contributed by atoms with E-state index in [4.69, 9.17) is 5.11 Å². The van der Waals surface area contributed by atoms with Crippen molar-refractivity contribution in [2.24, 2.45) is 0 Å². The Morgan fingerprint density at radius 2 is 2.28 bits per heavy atom. The van der Waals surface area contributed by atoms with Gasteiger partial charge in [-0.15, -0.1) is 0 Å². The van der Waals surface area contributed by atoms with Gasteiger partial charge in [-0.2, -0.15) is 11.8 Å². The van der Waals surface area contributed by atoms with Gasteiger partial charge in [0.2, 0.25) is 0 Å². The van der Waals surface area contributed by atoms with Gasteiger partial charge in [-0.25, -0.2) is 9.59 Å². The highest BCUT2D eigenvalue weighted by atomic mass is 32.2. The predicted molar refractivity (Wildman–Crippen MR) is 73.0 cm³/mol. The van der Waals surface area contributed by atoms with Crippen LogP contribution < -0.4 is 5.32 Å². The third kappa shape index (κ3) is 4.40. The number of urea groups is 1. The Hall–Kier alpha value is -0.910.